The van der Waals surface area contributed by atoms with E-state index in [0.717, 1.165) is 12.1 Å². The summed E-state index contributed by atoms with van der Waals surface area (Å²) in [6.45, 7) is 4.71. The van der Waals surface area contributed by atoms with E-state index in [4.69, 9.17) is 11.6 Å². The molecular weight excluding hydrogens is 410 g/mol. The van der Waals surface area contributed by atoms with Gasteiger partial charge in [0.15, 0.2) is 0 Å². The van der Waals surface area contributed by atoms with E-state index in [2.05, 4.69) is 5.32 Å². The van der Waals surface area contributed by atoms with Crippen LogP contribution < -0.4 is 5.32 Å². The van der Waals surface area contributed by atoms with Gasteiger partial charge in [0.05, 0.1) is 15.5 Å². The fourth-order valence-electron chi connectivity index (χ4n) is 3.28. The van der Waals surface area contributed by atoms with E-state index < -0.39 is 10.0 Å². The Morgan fingerprint density at radius 1 is 1.21 bits per heavy atom. The monoisotopic (exact) mass is 435 g/mol. The van der Waals surface area contributed by atoms with Crippen molar-refractivity contribution in [1.29, 1.82) is 0 Å². The summed E-state index contributed by atoms with van der Waals surface area (Å²) in [6, 6.07) is 14.1. The van der Waals surface area contributed by atoms with Gasteiger partial charge in [-0.3, -0.25) is 4.79 Å². The number of halogens is 1. The quantitative estimate of drug-likeness (QED) is 0.751. The van der Waals surface area contributed by atoms with Gasteiger partial charge in [0.1, 0.15) is 0 Å². The zero-order valence-electron chi connectivity index (χ0n) is 16.8. The summed E-state index contributed by atoms with van der Waals surface area (Å²) >= 11 is 6.26. The molecule has 1 atom stereocenters. The second-order valence-corrected chi connectivity index (χ2v) is 9.91. The van der Waals surface area contributed by atoms with Gasteiger partial charge in [0.25, 0.3) is 5.91 Å². The highest BCUT2D eigenvalue weighted by molar-refractivity contribution is 7.89. The summed E-state index contributed by atoms with van der Waals surface area (Å²) in [5.74, 6) is -0.253. The minimum atomic E-state index is -3.69. The lowest BCUT2D eigenvalue weighted by atomic mass is 10.2. The second kappa shape index (κ2) is 8.73. The van der Waals surface area contributed by atoms with Crippen molar-refractivity contribution in [2.45, 2.75) is 37.2 Å². The van der Waals surface area contributed by atoms with Gasteiger partial charge < -0.3 is 10.2 Å². The van der Waals surface area contributed by atoms with Crippen LogP contribution in [0.5, 0.6) is 0 Å². The van der Waals surface area contributed by atoms with E-state index in [9.17, 15) is 13.2 Å². The molecular formula is C21H26ClN3O3S. The number of sulfonamides is 1. The Balaban J connectivity index is 1.78. The van der Waals surface area contributed by atoms with Crippen molar-refractivity contribution < 1.29 is 13.2 Å². The van der Waals surface area contributed by atoms with Crippen LogP contribution in [0, 0.1) is 0 Å². The second-order valence-electron chi connectivity index (χ2n) is 7.50. The van der Waals surface area contributed by atoms with E-state index in [1.54, 1.807) is 18.7 Å². The molecule has 1 aliphatic rings. The highest BCUT2D eigenvalue weighted by Gasteiger charge is 2.30. The van der Waals surface area contributed by atoms with E-state index in [1.165, 1.54) is 29.6 Å². The first-order chi connectivity index (χ1) is 13.7. The first-order valence-corrected chi connectivity index (χ1v) is 11.4. The standard InChI is InChI=1S/C21H26ClN3O3S/c1-15(2)24(3)29(27,28)18-9-10-20(22)19(13-18)21(26)25-12-11-17(14-25)23-16-7-5-4-6-8-16/h4-10,13,15,17,23H,11-12,14H2,1-3H3. The molecule has 3 rings (SSSR count). The number of likely N-dealkylation sites (tertiary alicyclic amines) is 1. The molecule has 0 radical (unpaired) electrons. The van der Waals surface area contributed by atoms with Crippen molar-refractivity contribution in [3.8, 4) is 0 Å². The Labute approximate surface area is 177 Å². The zero-order valence-corrected chi connectivity index (χ0v) is 18.4. The Morgan fingerprint density at radius 2 is 1.90 bits per heavy atom. The number of nitrogens with zero attached hydrogens (tertiary/aromatic N) is 2. The number of anilines is 1. The van der Waals surface area contributed by atoms with Gasteiger partial charge in [-0.1, -0.05) is 29.8 Å². The highest BCUT2D eigenvalue weighted by atomic mass is 35.5. The molecule has 1 fully saturated rings. The molecule has 1 saturated heterocycles. The van der Waals surface area contributed by atoms with Crippen LogP contribution in [0.2, 0.25) is 5.02 Å². The molecule has 1 unspecified atom stereocenters. The largest absolute Gasteiger partial charge is 0.380 e. The van der Waals surface area contributed by atoms with Crippen LogP contribution in [-0.2, 0) is 10.0 Å². The lowest BCUT2D eigenvalue weighted by Crippen LogP contribution is -2.34. The SMILES string of the molecule is CC(C)N(C)S(=O)(=O)c1ccc(Cl)c(C(=O)N2CCC(Nc3ccccc3)C2)c1. The number of carbonyl (C=O) groups excluding carboxylic acids is 1. The normalized spacial score (nSPS) is 17.2. The van der Waals surface area contributed by atoms with E-state index in [1.807, 2.05) is 30.3 Å². The van der Waals surface area contributed by atoms with Crippen LogP contribution in [0.3, 0.4) is 0 Å². The summed E-state index contributed by atoms with van der Waals surface area (Å²) in [6.07, 6.45) is 0.812. The number of para-hydroxylation sites is 1. The third kappa shape index (κ3) is 4.74. The summed E-state index contributed by atoms with van der Waals surface area (Å²) in [4.78, 5) is 14.8. The van der Waals surface area contributed by atoms with Gasteiger partial charge in [-0.25, -0.2) is 8.42 Å². The minimum Gasteiger partial charge on any atom is -0.380 e. The molecule has 6 nitrogen and oxygen atoms in total. The average molecular weight is 436 g/mol. The van der Waals surface area contributed by atoms with Crippen molar-refractivity contribution in [3.05, 3.63) is 59.1 Å². The summed E-state index contributed by atoms with van der Waals surface area (Å²) in [5.41, 5.74) is 1.22. The van der Waals surface area contributed by atoms with Crippen LogP contribution >= 0.6 is 11.6 Å². The smallest absolute Gasteiger partial charge is 0.255 e. The first-order valence-electron chi connectivity index (χ1n) is 9.58. The van der Waals surface area contributed by atoms with Gasteiger partial charge in [0.2, 0.25) is 10.0 Å². The molecule has 1 N–H and O–H groups in total. The molecule has 1 aliphatic heterocycles. The molecule has 1 heterocycles. The third-order valence-electron chi connectivity index (χ3n) is 5.19. The van der Waals surface area contributed by atoms with Crippen LogP contribution in [0.4, 0.5) is 5.69 Å². The Bertz CT molecular complexity index is 980. The first kappa shape index (κ1) is 21.6. The van der Waals surface area contributed by atoms with Crippen LogP contribution in [-0.4, -0.2) is 55.8 Å². The highest BCUT2D eigenvalue weighted by Crippen LogP contribution is 2.26. The van der Waals surface area contributed by atoms with Gasteiger partial charge in [-0.05, 0) is 50.6 Å². The fourth-order valence-corrected chi connectivity index (χ4v) is 4.87. The third-order valence-corrected chi connectivity index (χ3v) is 7.55. The molecule has 0 aliphatic carbocycles. The molecule has 0 spiro atoms. The number of hydrogen-bond acceptors (Lipinski definition) is 4. The Morgan fingerprint density at radius 3 is 2.55 bits per heavy atom. The van der Waals surface area contributed by atoms with Gasteiger partial charge in [-0.2, -0.15) is 4.31 Å². The van der Waals surface area contributed by atoms with Crippen LogP contribution in [0.15, 0.2) is 53.4 Å². The van der Waals surface area contributed by atoms with Crippen molar-refractivity contribution in [2.75, 3.05) is 25.5 Å². The van der Waals surface area contributed by atoms with E-state index in [0.29, 0.717) is 13.1 Å². The molecule has 2 aromatic rings. The van der Waals surface area contributed by atoms with Crippen LogP contribution in [0.25, 0.3) is 0 Å². The number of rotatable bonds is 6. The molecule has 0 bridgehead atoms. The minimum absolute atomic E-state index is 0.0691. The van der Waals surface area contributed by atoms with Crippen LogP contribution in [0.1, 0.15) is 30.6 Å². The zero-order chi connectivity index (χ0) is 21.2. The predicted molar refractivity (Wildman–Crippen MR) is 116 cm³/mol. The summed E-state index contributed by atoms with van der Waals surface area (Å²) in [7, 11) is -2.17. The maximum atomic E-state index is 13.1. The van der Waals surface area contributed by atoms with E-state index >= 15 is 0 Å². The molecule has 8 heteroatoms. The number of benzene rings is 2. The molecule has 0 aromatic heterocycles. The van der Waals surface area contributed by atoms with Crippen molar-refractivity contribution in [1.82, 2.24) is 9.21 Å². The average Bonchev–Trinajstić information content (AvgIpc) is 3.16. The van der Waals surface area contributed by atoms with Gasteiger partial charge in [0, 0.05) is 37.9 Å². The van der Waals surface area contributed by atoms with Gasteiger partial charge in [-0.15, -0.1) is 0 Å². The van der Waals surface area contributed by atoms with Crippen molar-refractivity contribution in [3.63, 3.8) is 0 Å². The maximum Gasteiger partial charge on any atom is 0.255 e. The van der Waals surface area contributed by atoms with Crippen molar-refractivity contribution >= 4 is 33.2 Å². The fraction of sp³-hybridized carbons (Fsp3) is 0.381. The Kier molecular flexibility index (Phi) is 6.51. The molecule has 29 heavy (non-hydrogen) atoms. The summed E-state index contributed by atoms with van der Waals surface area (Å²) < 4.78 is 26.8. The molecule has 0 saturated carbocycles. The molecule has 1 amide bonds. The lowest BCUT2D eigenvalue weighted by Gasteiger charge is -2.22. The molecule has 2 aromatic carbocycles. The number of carbonyl (C=O) groups is 1. The predicted octanol–water partition coefficient (Wildman–Crippen LogP) is 3.70. The Hall–Kier alpha value is -2.09. The lowest BCUT2D eigenvalue weighted by molar-refractivity contribution is 0.0791. The molecule has 156 valence electrons. The van der Waals surface area contributed by atoms with Gasteiger partial charge >= 0.3 is 0 Å². The van der Waals surface area contributed by atoms with E-state index in [-0.39, 0.29) is 33.5 Å². The topological polar surface area (TPSA) is 69.7 Å². The number of nitrogens with one attached hydrogen (secondary N) is 1. The summed E-state index contributed by atoms with van der Waals surface area (Å²) in [5, 5.41) is 3.68. The van der Waals surface area contributed by atoms with Crippen molar-refractivity contribution in [2.24, 2.45) is 0 Å². The maximum absolute atomic E-state index is 13.1. The number of amides is 1. The number of hydrogen-bond donors (Lipinski definition) is 1.